The minimum atomic E-state index is -0.216. The van der Waals surface area contributed by atoms with E-state index in [-0.39, 0.29) is 38.2 Å². The number of aromatic nitrogens is 1. The average Bonchev–Trinajstić information content (AvgIpc) is 3.20. The van der Waals surface area contributed by atoms with Crippen LogP contribution >= 0.6 is 0 Å². The third-order valence-corrected chi connectivity index (χ3v) is 7.36. The van der Waals surface area contributed by atoms with Crippen LogP contribution in [0, 0.1) is 31.7 Å². The molecule has 1 aromatic heterocycles. The van der Waals surface area contributed by atoms with Crippen molar-refractivity contribution in [3.8, 4) is 11.3 Å². The first kappa shape index (κ1) is 25.0. The van der Waals surface area contributed by atoms with E-state index in [1.165, 1.54) is 28.1 Å². The fourth-order valence-electron chi connectivity index (χ4n) is 5.84. The van der Waals surface area contributed by atoms with Crippen LogP contribution in [-0.2, 0) is 20.1 Å². The summed E-state index contributed by atoms with van der Waals surface area (Å²) in [5.74, 6) is 0.831. The van der Waals surface area contributed by atoms with Gasteiger partial charge in [-0.25, -0.2) is 0 Å². The van der Waals surface area contributed by atoms with E-state index in [0.29, 0.717) is 5.92 Å². The Bertz CT molecular complexity index is 1270. The zero-order valence-electron chi connectivity index (χ0n) is 19.8. The van der Waals surface area contributed by atoms with Gasteiger partial charge in [0.15, 0.2) is 0 Å². The second kappa shape index (κ2) is 10.7. The molecule has 4 aromatic rings. The summed E-state index contributed by atoms with van der Waals surface area (Å²) in [5, 5.41) is 22.8. The van der Waals surface area contributed by atoms with Crippen LogP contribution in [0.5, 0.6) is 0 Å². The number of aryl methyl sites for hydroxylation is 2. The maximum Gasteiger partial charge on any atom is 0.0601 e. The van der Waals surface area contributed by atoms with E-state index in [1.807, 2.05) is 0 Å². The Labute approximate surface area is 215 Å². The standard InChI is InChI=1S/C21H16N.C9H16O2.Ir/c1-14-11-15(2)13-17(12-14)20-10-8-19-18-6-4-3-5-16(18)7-9-21(19)22-20;10-7-3-1-2-6-4-5-8(11)9(6)7;/h3-12H,1-2H3;6-11H,1-5H2;/q-1;;. The summed E-state index contributed by atoms with van der Waals surface area (Å²) in [7, 11) is 0. The van der Waals surface area contributed by atoms with Crippen molar-refractivity contribution in [3.63, 3.8) is 0 Å². The summed E-state index contributed by atoms with van der Waals surface area (Å²) >= 11 is 0. The summed E-state index contributed by atoms with van der Waals surface area (Å²) in [6, 6.07) is 24.6. The Hall–Kier alpha value is -2.10. The minimum absolute atomic E-state index is 0. The molecule has 3 aromatic carbocycles. The van der Waals surface area contributed by atoms with Gasteiger partial charge in [0.25, 0.3) is 0 Å². The van der Waals surface area contributed by atoms with E-state index < -0.39 is 0 Å². The van der Waals surface area contributed by atoms with Crippen molar-refractivity contribution >= 4 is 21.7 Å². The van der Waals surface area contributed by atoms with Crippen molar-refractivity contribution in [3.05, 3.63) is 77.9 Å². The van der Waals surface area contributed by atoms with Crippen LogP contribution in [-0.4, -0.2) is 27.4 Å². The van der Waals surface area contributed by atoms with E-state index in [9.17, 15) is 10.2 Å². The maximum atomic E-state index is 9.59. The number of aliphatic hydroxyl groups excluding tert-OH is 2. The van der Waals surface area contributed by atoms with Gasteiger partial charge < -0.3 is 10.2 Å². The molecule has 179 valence electrons. The van der Waals surface area contributed by atoms with E-state index in [1.54, 1.807) is 0 Å². The fraction of sp³-hybridized carbons (Fsp3) is 0.367. The predicted molar refractivity (Wildman–Crippen MR) is 135 cm³/mol. The number of pyridine rings is 1. The van der Waals surface area contributed by atoms with E-state index >= 15 is 0 Å². The zero-order chi connectivity index (χ0) is 22.9. The molecular weight excluding hydrogens is 599 g/mol. The number of nitrogens with zero attached hydrogens (tertiary/aromatic N) is 1. The molecule has 6 rings (SSSR count). The first-order chi connectivity index (χ1) is 16.0. The van der Waals surface area contributed by atoms with Crippen LogP contribution in [0.2, 0.25) is 0 Å². The molecule has 4 atom stereocenters. The molecule has 3 nitrogen and oxygen atoms in total. The van der Waals surface area contributed by atoms with Gasteiger partial charge in [-0.3, -0.25) is 4.98 Å². The molecule has 2 aliphatic carbocycles. The molecule has 0 aliphatic heterocycles. The van der Waals surface area contributed by atoms with Crippen LogP contribution in [0.4, 0.5) is 0 Å². The number of benzene rings is 3. The summed E-state index contributed by atoms with van der Waals surface area (Å²) in [6.07, 6.45) is 4.88. The van der Waals surface area contributed by atoms with Crippen LogP contribution < -0.4 is 0 Å². The molecule has 4 heteroatoms. The number of aliphatic hydroxyl groups is 2. The Morgan fingerprint density at radius 3 is 2.41 bits per heavy atom. The van der Waals surface area contributed by atoms with Gasteiger partial charge >= 0.3 is 0 Å². The molecule has 2 fully saturated rings. The normalized spacial score (nSPS) is 23.6. The topological polar surface area (TPSA) is 53.4 Å². The molecule has 1 heterocycles. The first-order valence-corrected chi connectivity index (χ1v) is 12.2. The summed E-state index contributed by atoms with van der Waals surface area (Å²) < 4.78 is 0. The van der Waals surface area contributed by atoms with Gasteiger partial charge in [0, 0.05) is 31.4 Å². The van der Waals surface area contributed by atoms with Crippen molar-refractivity contribution < 1.29 is 30.3 Å². The molecule has 2 aliphatic rings. The van der Waals surface area contributed by atoms with Gasteiger partial charge in [-0.05, 0) is 54.1 Å². The Kier molecular flexibility index (Phi) is 7.84. The Balaban J connectivity index is 0.000000193. The van der Waals surface area contributed by atoms with Crippen LogP contribution in [0.3, 0.4) is 0 Å². The second-order valence-electron chi connectivity index (χ2n) is 9.78. The second-order valence-corrected chi connectivity index (χ2v) is 9.78. The smallest absolute Gasteiger partial charge is 0.0601 e. The van der Waals surface area contributed by atoms with Crippen molar-refractivity contribution in [1.82, 2.24) is 4.98 Å². The predicted octanol–water partition coefficient (Wildman–Crippen LogP) is 6.39. The number of hydrogen-bond acceptors (Lipinski definition) is 3. The molecule has 2 N–H and O–H groups in total. The minimum Gasteiger partial charge on any atom is -0.393 e. The van der Waals surface area contributed by atoms with Gasteiger partial charge in [-0.1, -0.05) is 62.7 Å². The fourth-order valence-corrected chi connectivity index (χ4v) is 5.84. The van der Waals surface area contributed by atoms with Crippen molar-refractivity contribution in [1.29, 1.82) is 0 Å². The van der Waals surface area contributed by atoms with Gasteiger partial charge in [-0.15, -0.1) is 34.9 Å². The third-order valence-electron chi connectivity index (χ3n) is 7.36. The van der Waals surface area contributed by atoms with E-state index in [4.69, 9.17) is 4.98 Å². The molecule has 0 spiro atoms. The Morgan fingerprint density at radius 1 is 0.824 bits per heavy atom. The van der Waals surface area contributed by atoms with E-state index in [0.717, 1.165) is 48.0 Å². The molecule has 0 amide bonds. The SMILES string of the molecule is Cc1[c-]c(-c2ccc3c(ccc4ccccc43)n2)cc(C)c1.OC1CCCC2CCC(O)C12.[Ir]. The van der Waals surface area contributed by atoms with Gasteiger partial charge in [0.05, 0.1) is 17.7 Å². The van der Waals surface area contributed by atoms with Crippen molar-refractivity contribution in [2.45, 2.75) is 58.2 Å². The van der Waals surface area contributed by atoms with Gasteiger partial charge in [-0.2, -0.15) is 0 Å². The average molecular weight is 631 g/mol. The van der Waals surface area contributed by atoms with Crippen molar-refractivity contribution in [2.75, 3.05) is 0 Å². The summed E-state index contributed by atoms with van der Waals surface area (Å²) in [5.41, 5.74) is 5.47. The van der Waals surface area contributed by atoms with Crippen LogP contribution in [0.25, 0.3) is 32.9 Å². The van der Waals surface area contributed by atoms with Gasteiger partial charge in [0.2, 0.25) is 0 Å². The molecule has 2 saturated carbocycles. The molecular formula is C30H32IrNO2-. The third kappa shape index (κ3) is 5.11. The van der Waals surface area contributed by atoms with Gasteiger partial charge in [0.1, 0.15) is 0 Å². The largest absolute Gasteiger partial charge is 0.393 e. The number of fused-ring (bicyclic) bond motifs is 4. The van der Waals surface area contributed by atoms with E-state index in [2.05, 4.69) is 80.6 Å². The molecule has 34 heavy (non-hydrogen) atoms. The monoisotopic (exact) mass is 631 g/mol. The number of hydrogen-bond donors (Lipinski definition) is 2. The first-order valence-electron chi connectivity index (χ1n) is 12.2. The summed E-state index contributed by atoms with van der Waals surface area (Å²) in [6.45, 7) is 4.18. The quantitative estimate of drug-likeness (QED) is 0.190. The number of rotatable bonds is 1. The summed E-state index contributed by atoms with van der Waals surface area (Å²) in [4.78, 5) is 4.85. The zero-order valence-corrected chi connectivity index (χ0v) is 22.2. The molecule has 4 unspecified atom stereocenters. The van der Waals surface area contributed by atoms with Crippen LogP contribution in [0.15, 0.2) is 60.7 Å². The van der Waals surface area contributed by atoms with Crippen LogP contribution in [0.1, 0.15) is 43.2 Å². The Morgan fingerprint density at radius 2 is 1.62 bits per heavy atom. The molecule has 0 bridgehead atoms. The molecule has 1 radical (unpaired) electrons. The molecule has 0 saturated heterocycles. The maximum absolute atomic E-state index is 9.59. The van der Waals surface area contributed by atoms with Crippen molar-refractivity contribution in [2.24, 2.45) is 11.8 Å².